The maximum Gasteiger partial charge on any atom is 0.346 e. The van der Waals surface area contributed by atoms with Crippen molar-refractivity contribution in [3.8, 4) is 0 Å². The van der Waals surface area contributed by atoms with Crippen molar-refractivity contribution >= 4 is 67.0 Å². The van der Waals surface area contributed by atoms with Gasteiger partial charge in [-0.1, -0.05) is 12.1 Å². The van der Waals surface area contributed by atoms with E-state index >= 15 is 8.78 Å². The number of carbonyl (C=O) groups is 4. The third-order valence-electron chi connectivity index (χ3n) is 6.09. The van der Waals surface area contributed by atoms with Gasteiger partial charge in [-0.3, -0.25) is 0 Å². The van der Waals surface area contributed by atoms with Crippen molar-refractivity contribution < 1.29 is 42.9 Å². The van der Waals surface area contributed by atoms with Crippen LogP contribution in [0.1, 0.15) is 41.4 Å². The smallest absolute Gasteiger partial charge is 0.346 e. The molecule has 2 N–H and O–H groups in total. The van der Waals surface area contributed by atoms with E-state index in [0.29, 0.717) is 6.07 Å². The van der Waals surface area contributed by atoms with E-state index in [1.54, 1.807) is 0 Å². The number of carbonyl (C=O) groups excluding carboxylic acids is 2. The van der Waals surface area contributed by atoms with Crippen LogP contribution >= 0.6 is 0 Å². The molecule has 0 saturated carbocycles. The Balaban J connectivity index is 2.03. The van der Waals surface area contributed by atoms with E-state index in [4.69, 9.17) is 0 Å². The van der Waals surface area contributed by atoms with Crippen LogP contribution in [0.5, 0.6) is 0 Å². The molecule has 5 aromatic carbocycles. The lowest BCUT2D eigenvalue weighted by atomic mass is 9.83. The topological polar surface area (TPSA) is 118 Å². The summed E-state index contributed by atoms with van der Waals surface area (Å²) in [6.45, 7) is 0. The zero-order valence-electron chi connectivity index (χ0n) is 16.2. The van der Waals surface area contributed by atoms with Crippen molar-refractivity contribution in [1.82, 2.24) is 0 Å². The third kappa shape index (κ3) is 2.20. The Morgan fingerprint density at radius 2 is 1.18 bits per heavy atom. The number of ether oxygens (including phenoxy) is 1. The van der Waals surface area contributed by atoms with E-state index in [1.807, 2.05) is 0 Å². The van der Waals surface area contributed by atoms with Gasteiger partial charge >= 0.3 is 23.9 Å². The molecule has 7 nitrogen and oxygen atoms in total. The van der Waals surface area contributed by atoms with E-state index in [2.05, 4.69) is 4.74 Å². The van der Waals surface area contributed by atoms with Crippen molar-refractivity contribution in [2.24, 2.45) is 0 Å². The second-order valence-electron chi connectivity index (χ2n) is 7.67. The van der Waals surface area contributed by atoms with E-state index in [9.17, 15) is 29.4 Å². The van der Waals surface area contributed by atoms with Gasteiger partial charge in [-0.2, -0.15) is 0 Å². The van der Waals surface area contributed by atoms with Crippen molar-refractivity contribution in [1.29, 1.82) is 0 Å². The molecule has 0 amide bonds. The van der Waals surface area contributed by atoms with Gasteiger partial charge in [-0.05, 0) is 35.0 Å². The molecule has 0 spiro atoms. The SMILES string of the molecule is O=C(O)c1ccc2c3c(F)cc4c5c(ccc(c6c(F)cc(C(=O)O)c1c26)c53)C(=O)OC4=O. The summed E-state index contributed by atoms with van der Waals surface area (Å²) in [5.74, 6) is -6.83. The molecule has 0 bridgehead atoms. The quantitative estimate of drug-likeness (QED) is 0.174. The molecule has 0 atom stereocenters. The molecule has 33 heavy (non-hydrogen) atoms. The van der Waals surface area contributed by atoms with Gasteiger partial charge in [0.15, 0.2) is 0 Å². The number of esters is 2. The predicted octanol–water partition coefficient (Wildman–Crippen LogP) is 4.72. The normalized spacial score (nSPS) is 13.4. The van der Waals surface area contributed by atoms with Gasteiger partial charge in [0.05, 0.1) is 22.3 Å². The lowest BCUT2D eigenvalue weighted by molar-refractivity contribution is 0.0389. The number of aromatic carboxylic acids is 2. The Morgan fingerprint density at radius 3 is 1.82 bits per heavy atom. The van der Waals surface area contributed by atoms with E-state index in [0.717, 1.165) is 12.1 Å². The van der Waals surface area contributed by atoms with Gasteiger partial charge in [0.2, 0.25) is 0 Å². The van der Waals surface area contributed by atoms with Gasteiger partial charge in [-0.25, -0.2) is 28.0 Å². The molecule has 9 heteroatoms. The lowest BCUT2D eigenvalue weighted by Gasteiger charge is -2.22. The molecule has 0 aromatic heterocycles. The molecular weight excluding hydrogens is 438 g/mol. The highest BCUT2D eigenvalue weighted by Gasteiger charge is 2.32. The van der Waals surface area contributed by atoms with Crippen LogP contribution < -0.4 is 0 Å². The fourth-order valence-corrected chi connectivity index (χ4v) is 4.88. The minimum Gasteiger partial charge on any atom is -0.478 e. The lowest BCUT2D eigenvalue weighted by Crippen LogP contribution is -2.20. The fraction of sp³-hybridized carbons (Fsp3) is 0. The zero-order chi connectivity index (χ0) is 23.3. The summed E-state index contributed by atoms with van der Waals surface area (Å²) >= 11 is 0. The summed E-state index contributed by atoms with van der Waals surface area (Å²) in [4.78, 5) is 48.3. The minimum atomic E-state index is -1.55. The Morgan fingerprint density at radius 1 is 0.636 bits per heavy atom. The van der Waals surface area contributed by atoms with Crippen molar-refractivity contribution in [2.75, 3.05) is 0 Å². The number of hydrogen-bond acceptors (Lipinski definition) is 5. The molecule has 1 aliphatic rings. The number of halogens is 2. The Bertz CT molecular complexity index is 1800. The van der Waals surface area contributed by atoms with Crippen LogP contribution in [-0.2, 0) is 4.74 Å². The van der Waals surface area contributed by atoms with Crippen molar-refractivity contribution in [3.63, 3.8) is 0 Å². The van der Waals surface area contributed by atoms with E-state index < -0.39 is 41.1 Å². The molecule has 0 aliphatic carbocycles. The highest BCUT2D eigenvalue weighted by Crippen LogP contribution is 2.46. The van der Waals surface area contributed by atoms with Gasteiger partial charge in [0.25, 0.3) is 0 Å². The first-order valence-electron chi connectivity index (χ1n) is 9.53. The second-order valence-corrected chi connectivity index (χ2v) is 7.67. The standard InChI is InChI=1S/C24H8F2O7/c25-13-5-11(22(29)30)15-9(21(27)28)3-1-7-18-14(26)6-12-16-10(23(31)33-24(12)32)4-2-8(20(16)18)17(13)19(7)15/h1-6H,(H,27,28)(H,29,30). The van der Waals surface area contributed by atoms with Crippen LogP contribution in [0.2, 0.25) is 0 Å². The maximum atomic E-state index is 15.4. The number of carboxylic acids is 2. The van der Waals surface area contributed by atoms with Crippen LogP contribution in [0.4, 0.5) is 8.78 Å². The van der Waals surface area contributed by atoms with E-state index in [-0.39, 0.29) is 59.8 Å². The predicted molar refractivity (Wildman–Crippen MR) is 111 cm³/mol. The number of hydrogen-bond donors (Lipinski definition) is 2. The zero-order valence-corrected chi connectivity index (χ0v) is 16.2. The third-order valence-corrected chi connectivity index (χ3v) is 6.09. The molecule has 0 saturated heterocycles. The molecule has 160 valence electrons. The molecule has 0 radical (unpaired) electrons. The summed E-state index contributed by atoms with van der Waals surface area (Å²) < 4.78 is 35.5. The number of carboxylic acid groups (broad SMARTS) is 2. The fourth-order valence-electron chi connectivity index (χ4n) is 4.88. The highest BCUT2D eigenvalue weighted by atomic mass is 19.1. The first-order chi connectivity index (χ1) is 15.7. The molecule has 5 aromatic rings. The van der Waals surface area contributed by atoms with Gasteiger partial charge < -0.3 is 14.9 Å². The van der Waals surface area contributed by atoms with Crippen LogP contribution in [0.15, 0.2) is 36.4 Å². The van der Waals surface area contributed by atoms with Crippen molar-refractivity contribution in [3.05, 3.63) is 70.3 Å². The van der Waals surface area contributed by atoms with Crippen LogP contribution in [0, 0.1) is 11.6 Å². The van der Waals surface area contributed by atoms with Gasteiger partial charge in [-0.15, -0.1) is 0 Å². The second kappa shape index (κ2) is 5.98. The van der Waals surface area contributed by atoms with Gasteiger partial charge in [0.1, 0.15) is 11.6 Å². The Kier molecular flexibility index (Phi) is 3.45. The van der Waals surface area contributed by atoms with Crippen LogP contribution in [0.3, 0.4) is 0 Å². The summed E-state index contributed by atoms with van der Waals surface area (Å²) in [5, 5.41) is 19.1. The number of fused-ring (bicyclic) bond motifs is 2. The van der Waals surface area contributed by atoms with Crippen LogP contribution in [0.25, 0.3) is 43.1 Å². The molecule has 1 aliphatic heterocycles. The average Bonchev–Trinajstić information content (AvgIpc) is 2.76. The molecule has 0 unspecified atom stereocenters. The van der Waals surface area contributed by atoms with E-state index in [1.165, 1.54) is 18.2 Å². The number of rotatable bonds is 2. The molecule has 1 heterocycles. The van der Waals surface area contributed by atoms with Crippen molar-refractivity contribution in [2.45, 2.75) is 0 Å². The summed E-state index contributed by atoms with van der Waals surface area (Å²) in [7, 11) is 0. The Hall–Kier alpha value is -4.66. The summed E-state index contributed by atoms with van der Waals surface area (Å²) in [6, 6.07) is 6.65. The number of cyclic esters (lactones) is 2. The maximum absolute atomic E-state index is 15.4. The van der Waals surface area contributed by atoms with Gasteiger partial charge in [0, 0.05) is 32.3 Å². The largest absolute Gasteiger partial charge is 0.478 e. The average molecular weight is 446 g/mol. The number of benzene rings is 5. The van der Waals surface area contributed by atoms with Crippen LogP contribution in [-0.4, -0.2) is 34.1 Å². The molecule has 6 rings (SSSR count). The monoisotopic (exact) mass is 446 g/mol. The summed E-state index contributed by atoms with van der Waals surface area (Å²) in [6.07, 6.45) is 0. The molecule has 0 fully saturated rings. The first kappa shape index (κ1) is 19.1. The first-order valence-corrected chi connectivity index (χ1v) is 9.53. The Labute approximate surface area is 180 Å². The summed E-state index contributed by atoms with van der Waals surface area (Å²) in [5.41, 5.74) is -1.18. The molecular formula is C24H8F2O7. The minimum absolute atomic E-state index is 0.00554. The highest BCUT2D eigenvalue weighted by molar-refractivity contribution is 6.39.